The van der Waals surface area contributed by atoms with Crippen LogP contribution in [0.15, 0.2) is 23.1 Å². The molecule has 4 heteroatoms. The highest BCUT2D eigenvalue weighted by Gasteiger charge is 2.15. The van der Waals surface area contributed by atoms with Gasteiger partial charge in [0.05, 0.1) is 11.5 Å². The SMILES string of the molecule is CCCCOS(=O)(=O)c1cc(C)cc(C)c1. The van der Waals surface area contributed by atoms with E-state index in [1.54, 1.807) is 12.1 Å². The number of benzene rings is 1. The van der Waals surface area contributed by atoms with E-state index in [1.165, 1.54) is 0 Å². The molecule has 1 rings (SSSR count). The molecule has 3 nitrogen and oxygen atoms in total. The molecule has 0 bridgehead atoms. The maximum atomic E-state index is 11.8. The van der Waals surface area contributed by atoms with Crippen LogP contribution >= 0.6 is 0 Å². The van der Waals surface area contributed by atoms with Crippen LogP contribution in [0.5, 0.6) is 0 Å². The average molecular weight is 242 g/mol. The third-order valence-corrected chi connectivity index (χ3v) is 3.51. The van der Waals surface area contributed by atoms with Gasteiger partial charge in [0, 0.05) is 0 Å². The number of hydrogen-bond acceptors (Lipinski definition) is 3. The Kier molecular flexibility index (Phi) is 4.50. The Labute approximate surface area is 97.6 Å². The molecule has 16 heavy (non-hydrogen) atoms. The van der Waals surface area contributed by atoms with Gasteiger partial charge >= 0.3 is 0 Å². The summed E-state index contributed by atoms with van der Waals surface area (Å²) in [6.45, 7) is 5.99. The van der Waals surface area contributed by atoms with Crippen molar-refractivity contribution >= 4 is 10.1 Å². The maximum absolute atomic E-state index is 11.8. The van der Waals surface area contributed by atoms with Gasteiger partial charge in [0.2, 0.25) is 0 Å². The maximum Gasteiger partial charge on any atom is 0.296 e. The van der Waals surface area contributed by atoms with Crippen molar-refractivity contribution in [2.24, 2.45) is 0 Å². The van der Waals surface area contributed by atoms with Crippen molar-refractivity contribution in [3.8, 4) is 0 Å². The van der Waals surface area contributed by atoms with Gasteiger partial charge in [0.15, 0.2) is 0 Å². The largest absolute Gasteiger partial charge is 0.296 e. The number of hydrogen-bond donors (Lipinski definition) is 0. The summed E-state index contributed by atoms with van der Waals surface area (Å²) in [7, 11) is -3.58. The van der Waals surface area contributed by atoms with E-state index in [9.17, 15) is 8.42 Å². The molecule has 0 aromatic heterocycles. The quantitative estimate of drug-likeness (QED) is 0.589. The van der Waals surface area contributed by atoms with Crippen LogP contribution in [-0.2, 0) is 14.3 Å². The summed E-state index contributed by atoms with van der Waals surface area (Å²) in [6.07, 6.45) is 1.67. The van der Waals surface area contributed by atoms with E-state index in [2.05, 4.69) is 0 Å². The molecule has 0 aliphatic carbocycles. The third-order valence-electron chi connectivity index (χ3n) is 2.22. The van der Waals surface area contributed by atoms with Crippen LogP contribution in [0.4, 0.5) is 0 Å². The molecule has 0 saturated heterocycles. The molecule has 0 unspecified atom stereocenters. The van der Waals surface area contributed by atoms with Gasteiger partial charge in [0.1, 0.15) is 0 Å². The molecule has 0 N–H and O–H groups in total. The number of aryl methyl sites for hydroxylation is 2. The fourth-order valence-corrected chi connectivity index (χ4v) is 2.59. The second-order valence-electron chi connectivity index (χ2n) is 3.95. The second-order valence-corrected chi connectivity index (χ2v) is 5.57. The van der Waals surface area contributed by atoms with Crippen molar-refractivity contribution in [2.75, 3.05) is 6.61 Å². The standard InChI is InChI=1S/C12H18O3S/c1-4-5-6-15-16(13,14)12-8-10(2)7-11(3)9-12/h7-9H,4-6H2,1-3H3. The van der Waals surface area contributed by atoms with Crippen LogP contribution < -0.4 is 0 Å². The molecule has 0 spiro atoms. The molecule has 90 valence electrons. The van der Waals surface area contributed by atoms with Crippen LogP contribution in [0.3, 0.4) is 0 Å². The predicted molar refractivity (Wildman–Crippen MR) is 64.0 cm³/mol. The molecular formula is C12H18O3S. The van der Waals surface area contributed by atoms with Crippen molar-refractivity contribution < 1.29 is 12.6 Å². The van der Waals surface area contributed by atoms with E-state index in [4.69, 9.17) is 4.18 Å². The Morgan fingerprint density at radius 3 is 2.19 bits per heavy atom. The Morgan fingerprint density at radius 2 is 1.69 bits per heavy atom. The zero-order valence-corrected chi connectivity index (χ0v) is 10.8. The van der Waals surface area contributed by atoms with Crippen molar-refractivity contribution in [1.29, 1.82) is 0 Å². The molecule has 1 aromatic carbocycles. The predicted octanol–water partition coefficient (Wildman–Crippen LogP) is 2.81. The molecule has 0 amide bonds. The Bertz CT molecular complexity index is 429. The van der Waals surface area contributed by atoms with Gasteiger partial charge in [-0.2, -0.15) is 8.42 Å². The van der Waals surface area contributed by atoms with E-state index in [-0.39, 0.29) is 11.5 Å². The summed E-state index contributed by atoms with van der Waals surface area (Å²) in [5, 5.41) is 0. The fourth-order valence-electron chi connectivity index (χ4n) is 1.46. The molecule has 0 radical (unpaired) electrons. The Morgan fingerprint density at radius 1 is 1.12 bits per heavy atom. The summed E-state index contributed by atoms with van der Waals surface area (Å²) in [6, 6.07) is 5.20. The summed E-state index contributed by atoms with van der Waals surface area (Å²) >= 11 is 0. The van der Waals surface area contributed by atoms with E-state index < -0.39 is 10.1 Å². The average Bonchev–Trinajstić information content (AvgIpc) is 2.16. The van der Waals surface area contributed by atoms with E-state index in [0.717, 1.165) is 24.0 Å². The molecule has 0 aliphatic heterocycles. The van der Waals surface area contributed by atoms with E-state index >= 15 is 0 Å². The summed E-state index contributed by atoms with van der Waals surface area (Å²) in [5.74, 6) is 0. The first-order valence-electron chi connectivity index (χ1n) is 5.43. The lowest BCUT2D eigenvalue weighted by atomic mass is 10.2. The summed E-state index contributed by atoms with van der Waals surface area (Å²) in [5.41, 5.74) is 1.86. The molecule has 0 aliphatic rings. The lowest BCUT2D eigenvalue weighted by Crippen LogP contribution is -2.08. The Balaban J connectivity index is 2.89. The molecule has 0 heterocycles. The minimum Gasteiger partial charge on any atom is -0.266 e. The monoisotopic (exact) mass is 242 g/mol. The van der Waals surface area contributed by atoms with Crippen molar-refractivity contribution in [2.45, 2.75) is 38.5 Å². The lowest BCUT2D eigenvalue weighted by molar-refractivity contribution is 0.311. The van der Waals surface area contributed by atoms with Crippen LogP contribution in [0.1, 0.15) is 30.9 Å². The third kappa shape index (κ3) is 3.61. The molecular weight excluding hydrogens is 224 g/mol. The van der Waals surface area contributed by atoms with Gasteiger partial charge in [-0.05, 0) is 43.5 Å². The van der Waals surface area contributed by atoms with Crippen LogP contribution in [-0.4, -0.2) is 15.0 Å². The minimum absolute atomic E-state index is 0.251. The molecule has 1 aromatic rings. The zero-order valence-electron chi connectivity index (χ0n) is 9.99. The minimum atomic E-state index is -3.58. The first-order valence-corrected chi connectivity index (χ1v) is 6.84. The topological polar surface area (TPSA) is 43.4 Å². The highest BCUT2D eigenvalue weighted by Crippen LogP contribution is 2.16. The Hall–Kier alpha value is -0.870. The first-order chi connectivity index (χ1) is 7.45. The van der Waals surface area contributed by atoms with Crippen LogP contribution in [0.25, 0.3) is 0 Å². The molecule has 0 fully saturated rings. The van der Waals surface area contributed by atoms with Gasteiger partial charge in [-0.25, -0.2) is 0 Å². The van der Waals surface area contributed by atoms with Gasteiger partial charge in [-0.15, -0.1) is 0 Å². The summed E-state index contributed by atoms with van der Waals surface area (Å²) < 4.78 is 28.5. The normalized spacial score (nSPS) is 11.7. The lowest BCUT2D eigenvalue weighted by Gasteiger charge is -2.07. The molecule has 0 atom stereocenters. The highest BCUT2D eigenvalue weighted by atomic mass is 32.2. The fraction of sp³-hybridized carbons (Fsp3) is 0.500. The van der Waals surface area contributed by atoms with E-state index in [1.807, 2.05) is 26.8 Å². The van der Waals surface area contributed by atoms with Gasteiger partial charge in [-0.1, -0.05) is 19.4 Å². The number of unbranched alkanes of at least 4 members (excludes halogenated alkanes) is 1. The van der Waals surface area contributed by atoms with E-state index in [0.29, 0.717) is 0 Å². The van der Waals surface area contributed by atoms with Gasteiger partial charge in [0.25, 0.3) is 10.1 Å². The first kappa shape index (κ1) is 13.2. The molecule has 0 saturated carbocycles. The van der Waals surface area contributed by atoms with Crippen molar-refractivity contribution in [1.82, 2.24) is 0 Å². The summed E-state index contributed by atoms with van der Waals surface area (Å²) in [4.78, 5) is 0.251. The zero-order chi connectivity index (χ0) is 12.2. The smallest absolute Gasteiger partial charge is 0.266 e. The van der Waals surface area contributed by atoms with Crippen molar-refractivity contribution in [3.63, 3.8) is 0 Å². The highest BCUT2D eigenvalue weighted by molar-refractivity contribution is 7.86. The van der Waals surface area contributed by atoms with Crippen LogP contribution in [0, 0.1) is 13.8 Å². The van der Waals surface area contributed by atoms with Crippen LogP contribution in [0.2, 0.25) is 0 Å². The second kappa shape index (κ2) is 5.46. The van der Waals surface area contributed by atoms with Gasteiger partial charge in [-0.3, -0.25) is 4.18 Å². The number of rotatable bonds is 5. The van der Waals surface area contributed by atoms with Crippen molar-refractivity contribution in [3.05, 3.63) is 29.3 Å². The van der Waals surface area contributed by atoms with Gasteiger partial charge < -0.3 is 0 Å².